The molecule has 206 valence electrons. The highest BCUT2D eigenvalue weighted by molar-refractivity contribution is 6.11. The minimum Gasteiger partial charge on any atom is -0.358 e. The van der Waals surface area contributed by atoms with E-state index in [1.165, 1.54) is 0 Å². The van der Waals surface area contributed by atoms with Gasteiger partial charge in [0.2, 0.25) is 23.4 Å². The average Bonchev–Trinajstić information content (AvgIpc) is 3.78. The lowest BCUT2D eigenvalue weighted by Crippen LogP contribution is -2.49. The SMILES string of the molecule is Cc1c[nH]c2c1[C@]13C(=CC2=O)N(C(=O)C24CC5(C(=O)N6C[C@H]7C[C@@]78C6=CC(=O)c6[nH]cc(C)c68)CC25C4)C[C@H]1[C@H]3C. The first kappa shape index (κ1) is 22.0. The van der Waals surface area contributed by atoms with Gasteiger partial charge in [0.25, 0.3) is 0 Å². The number of ketones is 2. The first-order valence-electron chi connectivity index (χ1n) is 15.1. The number of rotatable bonds is 2. The molecule has 2 N–H and O–H groups in total. The number of H-pyrrole nitrogens is 2. The summed E-state index contributed by atoms with van der Waals surface area (Å²) in [4.78, 5) is 65.0. The highest BCUT2D eigenvalue weighted by Gasteiger charge is 3.02. The van der Waals surface area contributed by atoms with Crippen LogP contribution in [0.3, 0.4) is 0 Å². The van der Waals surface area contributed by atoms with E-state index in [2.05, 4.69) is 23.8 Å². The van der Waals surface area contributed by atoms with Gasteiger partial charge < -0.3 is 19.8 Å². The minimum atomic E-state index is -0.470. The largest absolute Gasteiger partial charge is 0.358 e. The van der Waals surface area contributed by atoms with Gasteiger partial charge in [-0.1, -0.05) is 6.92 Å². The molecule has 8 heteroatoms. The Morgan fingerprint density at radius 1 is 0.829 bits per heavy atom. The van der Waals surface area contributed by atoms with Crippen molar-refractivity contribution in [2.75, 3.05) is 13.1 Å². The molecule has 2 aliphatic heterocycles. The summed E-state index contributed by atoms with van der Waals surface area (Å²) < 4.78 is 0. The summed E-state index contributed by atoms with van der Waals surface area (Å²) in [5, 5.41) is 0. The van der Waals surface area contributed by atoms with Gasteiger partial charge in [-0.25, -0.2) is 0 Å². The average molecular weight is 547 g/mol. The number of piperidine rings is 2. The maximum atomic E-state index is 14.3. The number of aromatic amines is 2. The van der Waals surface area contributed by atoms with Crippen molar-refractivity contribution >= 4 is 23.4 Å². The quantitative estimate of drug-likeness (QED) is 0.602. The summed E-state index contributed by atoms with van der Waals surface area (Å²) in [5.41, 5.74) is 5.95. The lowest BCUT2D eigenvalue weighted by atomic mass is 9.72. The fourth-order valence-electron chi connectivity index (χ4n) is 11.9. The van der Waals surface area contributed by atoms with Crippen LogP contribution >= 0.6 is 0 Å². The minimum absolute atomic E-state index is 0.0430. The third-order valence-electron chi connectivity index (χ3n) is 13.9. The van der Waals surface area contributed by atoms with Crippen LogP contribution in [-0.4, -0.2) is 56.2 Å². The molecule has 41 heavy (non-hydrogen) atoms. The van der Waals surface area contributed by atoms with Gasteiger partial charge in [0, 0.05) is 65.3 Å². The van der Waals surface area contributed by atoms with Crippen molar-refractivity contribution in [3.05, 3.63) is 69.6 Å². The molecule has 4 heterocycles. The van der Waals surface area contributed by atoms with Gasteiger partial charge in [-0.05, 0) is 79.5 Å². The molecule has 7 aliphatic carbocycles. The molecule has 8 nitrogen and oxygen atoms in total. The fraction of sp³-hybridized carbons (Fsp3) is 0.515. The van der Waals surface area contributed by atoms with Crippen molar-refractivity contribution in [2.24, 2.45) is 34.0 Å². The first-order valence-corrected chi connectivity index (χ1v) is 15.1. The van der Waals surface area contributed by atoms with Crippen LogP contribution in [0.5, 0.6) is 0 Å². The molecule has 5 saturated carbocycles. The number of amides is 2. The normalized spacial score (nSPS) is 45.6. The van der Waals surface area contributed by atoms with Crippen molar-refractivity contribution in [3.8, 4) is 0 Å². The number of hydrogen-bond donors (Lipinski definition) is 2. The standard InChI is InChI=1S/C33H30N4O4/c1-14-7-34-25-19(38)4-21-32(23(14)25)6-17(32)9-36(21)27(40)29-11-30(13-31(29,30)12-29)28(41)37-10-18-16(3)33(18)22(37)5-20(39)26-24(33)15(2)8-35-26/h4-5,7-8,16-18,34-35H,6,9-13H2,1-3H3/t16-,17-,18+,29?,30?,31?,32+,33+/m1/s1. The van der Waals surface area contributed by atoms with E-state index in [1.807, 2.05) is 29.1 Å². The highest BCUT2D eigenvalue weighted by atomic mass is 16.2. The van der Waals surface area contributed by atoms with Crippen molar-refractivity contribution in [2.45, 2.75) is 57.3 Å². The van der Waals surface area contributed by atoms with Crippen LogP contribution in [0, 0.1) is 47.8 Å². The molecular formula is C33H30N4O4. The number of aromatic nitrogens is 2. The second kappa shape index (κ2) is 5.68. The molecule has 3 spiro atoms. The third kappa shape index (κ3) is 1.82. The van der Waals surface area contributed by atoms with Crippen LogP contribution in [0.1, 0.15) is 75.8 Å². The Balaban J connectivity index is 0.902. The molecule has 2 aromatic heterocycles. The van der Waals surface area contributed by atoms with Crippen LogP contribution in [0.15, 0.2) is 35.9 Å². The van der Waals surface area contributed by atoms with E-state index >= 15 is 0 Å². The summed E-state index contributed by atoms with van der Waals surface area (Å²) in [7, 11) is 0. The summed E-state index contributed by atoms with van der Waals surface area (Å²) in [5.74, 6) is 1.28. The number of carbonyl (C=O) groups is 4. The van der Waals surface area contributed by atoms with Crippen molar-refractivity contribution in [3.63, 3.8) is 0 Å². The Morgan fingerprint density at radius 2 is 1.41 bits per heavy atom. The Labute approximate surface area is 236 Å². The van der Waals surface area contributed by atoms with Gasteiger partial charge in [0.1, 0.15) is 0 Å². The van der Waals surface area contributed by atoms with Crippen molar-refractivity contribution < 1.29 is 19.2 Å². The predicted molar refractivity (Wildman–Crippen MR) is 145 cm³/mol. The zero-order valence-corrected chi connectivity index (χ0v) is 23.3. The van der Waals surface area contributed by atoms with Crippen LogP contribution in [-0.2, 0) is 20.4 Å². The van der Waals surface area contributed by atoms with E-state index in [0.29, 0.717) is 48.7 Å². The zero-order valence-electron chi connectivity index (χ0n) is 23.3. The van der Waals surface area contributed by atoms with Crippen molar-refractivity contribution in [1.29, 1.82) is 0 Å². The third-order valence-corrected chi connectivity index (χ3v) is 13.9. The van der Waals surface area contributed by atoms with Gasteiger partial charge in [0.05, 0.1) is 22.2 Å². The molecule has 0 aromatic carbocycles. The number of fused-ring (bicyclic) bond motifs is 2. The van der Waals surface area contributed by atoms with E-state index < -0.39 is 10.8 Å². The predicted octanol–water partition coefficient (Wildman–Crippen LogP) is 3.44. The number of hydrogen-bond acceptors (Lipinski definition) is 4. The van der Waals surface area contributed by atoms with Crippen LogP contribution in [0.4, 0.5) is 0 Å². The van der Waals surface area contributed by atoms with Gasteiger partial charge in [-0.15, -0.1) is 0 Å². The van der Waals surface area contributed by atoms with E-state index in [0.717, 1.165) is 52.9 Å². The van der Waals surface area contributed by atoms with E-state index in [1.54, 1.807) is 12.2 Å². The fourth-order valence-corrected chi connectivity index (χ4v) is 11.9. The number of nitrogens with one attached hydrogen (secondary N) is 2. The molecule has 7 fully saturated rings. The second-order valence-corrected chi connectivity index (χ2v) is 15.0. The van der Waals surface area contributed by atoms with Crippen LogP contribution in [0.2, 0.25) is 0 Å². The lowest BCUT2D eigenvalue weighted by molar-refractivity contribution is -0.146. The van der Waals surface area contributed by atoms with E-state index in [9.17, 15) is 19.2 Å². The number of likely N-dealkylation sites (tertiary alicyclic amines) is 2. The second-order valence-electron chi connectivity index (χ2n) is 15.0. The maximum absolute atomic E-state index is 14.3. The molecule has 8 atom stereocenters. The molecule has 0 radical (unpaired) electrons. The molecule has 2 saturated heterocycles. The molecular weight excluding hydrogens is 516 g/mol. The summed E-state index contributed by atoms with van der Waals surface area (Å²) >= 11 is 0. The Kier molecular flexibility index (Phi) is 3.05. The maximum Gasteiger partial charge on any atom is 0.233 e. The highest BCUT2D eigenvalue weighted by Crippen LogP contribution is 3.01. The number of carbonyl (C=O) groups excluding carboxylic acids is 4. The van der Waals surface area contributed by atoms with Crippen LogP contribution < -0.4 is 0 Å². The van der Waals surface area contributed by atoms with E-state index in [-0.39, 0.29) is 39.6 Å². The first-order chi connectivity index (χ1) is 19.6. The summed E-state index contributed by atoms with van der Waals surface area (Å²) in [6.07, 6.45) is 10.4. The molecule has 0 bridgehead atoms. The zero-order chi connectivity index (χ0) is 27.8. The smallest absolute Gasteiger partial charge is 0.233 e. The number of nitrogens with zero attached hydrogens (tertiary/aromatic N) is 2. The lowest BCUT2D eigenvalue weighted by Gasteiger charge is -2.40. The van der Waals surface area contributed by atoms with Gasteiger partial charge in [0.15, 0.2) is 0 Å². The van der Waals surface area contributed by atoms with Gasteiger partial charge in [-0.2, -0.15) is 0 Å². The Bertz CT molecular complexity index is 1890. The molecule has 11 rings (SSSR count). The molecule has 9 aliphatic rings. The van der Waals surface area contributed by atoms with Gasteiger partial charge in [-0.3, -0.25) is 19.2 Å². The summed E-state index contributed by atoms with van der Waals surface area (Å²) in [6, 6.07) is 0. The van der Waals surface area contributed by atoms with Crippen LogP contribution in [0.25, 0.3) is 0 Å². The van der Waals surface area contributed by atoms with Crippen molar-refractivity contribution in [1.82, 2.24) is 19.8 Å². The Hall–Kier alpha value is -3.68. The van der Waals surface area contributed by atoms with Gasteiger partial charge >= 0.3 is 0 Å². The number of aryl methyl sites for hydroxylation is 2. The molecule has 2 amide bonds. The van der Waals surface area contributed by atoms with E-state index in [4.69, 9.17) is 0 Å². The summed E-state index contributed by atoms with van der Waals surface area (Å²) in [6.45, 7) is 7.67. The monoisotopic (exact) mass is 546 g/mol. The Morgan fingerprint density at radius 3 is 2.07 bits per heavy atom. The topological polar surface area (TPSA) is 106 Å². The number of allylic oxidation sites excluding steroid dienone is 4. The molecule has 2 aromatic rings. The molecule has 3 unspecified atom stereocenters.